The van der Waals surface area contributed by atoms with E-state index in [4.69, 9.17) is 4.42 Å². The second kappa shape index (κ2) is 7.15. The number of carbonyl (C=O) groups is 2. The molecule has 2 amide bonds. The van der Waals surface area contributed by atoms with Gasteiger partial charge in [-0.15, -0.1) is 11.3 Å². The van der Waals surface area contributed by atoms with Gasteiger partial charge in [0.1, 0.15) is 0 Å². The number of nitrogens with zero attached hydrogens (tertiary/aromatic N) is 2. The average molecular weight is 387 g/mol. The predicted molar refractivity (Wildman–Crippen MR) is 105 cm³/mol. The Labute approximate surface area is 163 Å². The normalized spacial score (nSPS) is 28.1. The summed E-state index contributed by atoms with van der Waals surface area (Å²) in [7, 11) is 0. The molecule has 6 heteroatoms. The maximum atomic E-state index is 13.1. The third kappa shape index (κ3) is 3.31. The van der Waals surface area contributed by atoms with Crippen LogP contribution in [0.1, 0.15) is 59.3 Å². The second-order valence-electron chi connectivity index (χ2n) is 7.80. The van der Waals surface area contributed by atoms with E-state index in [2.05, 4.69) is 19.1 Å². The summed E-state index contributed by atoms with van der Waals surface area (Å²) >= 11 is 1.85. The number of hydrogen-bond donors (Lipinski definition) is 0. The van der Waals surface area contributed by atoms with E-state index in [0.29, 0.717) is 18.2 Å². The van der Waals surface area contributed by atoms with Crippen LogP contribution in [0.15, 0.2) is 34.9 Å². The van der Waals surface area contributed by atoms with Gasteiger partial charge in [0.15, 0.2) is 5.76 Å². The lowest BCUT2D eigenvalue weighted by Crippen LogP contribution is -2.66. The number of fused-ring (bicyclic) bond motifs is 1. The van der Waals surface area contributed by atoms with Gasteiger partial charge in [-0.2, -0.15) is 0 Å². The third-order valence-corrected chi connectivity index (χ3v) is 7.16. The number of amides is 2. The fraction of sp³-hybridized carbons (Fsp3) is 0.524. The van der Waals surface area contributed by atoms with Crippen LogP contribution in [0.3, 0.4) is 0 Å². The zero-order valence-corrected chi connectivity index (χ0v) is 16.9. The van der Waals surface area contributed by atoms with E-state index >= 15 is 0 Å². The Morgan fingerprint density at radius 1 is 1.19 bits per heavy atom. The summed E-state index contributed by atoms with van der Waals surface area (Å²) in [6, 6.07) is 8.00. The van der Waals surface area contributed by atoms with Gasteiger partial charge < -0.3 is 14.2 Å². The van der Waals surface area contributed by atoms with Gasteiger partial charge in [-0.3, -0.25) is 9.59 Å². The molecule has 144 valence electrons. The molecule has 1 saturated carbocycles. The van der Waals surface area contributed by atoms with E-state index in [-0.39, 0.29) is 29.9 Å². The van der Waals surface area contributed by atoms with Gasteiger partial charge in [0.25, 0.3) is 5.91 Å². The first-order chi connectivity index (χ1) is 13.0. The van der Waals surface area contributed by atoms with Crippen molar-refractivity contribution in [3.63, 3.8) is 0 Å². The molecule has 0 spiro atoms. The summed E-state index contributed by atoms with van der Waals surface area (Å²) in [6.45, 7) is 6.36. The standard InChI is InChI=1S/C21H26N2O3S/c1-13-12-22(21(25)19-5-4-10-26-19)18-11-16(20-9-6-14(2)27-20)7-8-17(18)23(13)15(3)24/h4-6,9-10,13,16-18H,7-8,11-12H2,1-3H3/t13-,16?,17?,18?/m0/s1. The molecule has 0 bridgehead atoms. The van der Waals surface area contributed by atoms with Gasteiger partial charge in [0.2, 0.25) is 5.91 Å². The zero-order valence-electron chi connectivity index (χ0n) is 16.1. The van der Waals surface area contributed by atoms with E-state index in [0.717, 1.165) is 19.3 Å². The Morgan fingerprint density at radius 2 is 2.00 bits per heavy atom. The fourth-order valence-electron chi connectivity index (χ4n) is 4.88. The number of aryl methyl sites for hydroxylation is 1. The molecule has 2 aromatic heterocycles. The number of thiophene rings is 1. The van der Waals surface area contributed by atoms with Gasteiger partial charge in [-0.1, -0.05) is 0 Å². The molecule has 5 nitrogen and oxygen atoms in total. The van der Waals surface area contributed by atoms with Crippen molar-refractivity contribution < 1.29 is 14.0 Å². The second-order valence-corrected chi connectivity index (χ2v) is 9.12. The van der Waals surface area contributed by atoms with Gasteiger partial charge >= 0.3 is 0 Å². The molecule has 1 aliphatic heterocycles. The smallest absolute Gasteiger partial charge is 0.289 e. The van der Waals surface area contributed by atoms with Crippen molar-refractivity contribution in [2.75, 3.05) is 6.54 Å². The lowest BCUT2D eigenvalue weighted by molar-refractivity contribution is -0.141. The number of hydrogen-bond acceptors (Lipinski definition) is 4. The number of furan rings is 1. The fourth-order valence-corrected chi connectivity index (χ4v) is 5.90. The van der Waals surface area contributed by atoms with E-state index in [1.165, 1.54) is 16.0 Å². The van der Waals surface area contributed by atoms with Gasteiger partial charge in [-0.05, 0) is 63.3 Å². The SMILES string of the molecule is CC(=O)N1C2CCC(c3ccc(C)s3)CC2N(C(=O)c2ccco2)C[C@@H]1C. The molecule has 4 rings (SSSR count). The zero-order chi connectivity index (χ0) is 19.1. The topological polar surface area (TPSA) is 53.8 Å². The first-order valence-electron chi connectivity index (χ1n) is 9.65. The molecule has 0 radical (unpaired) electrons. The Hall–Kier alpha value is -2.08. The Morgan fingerprint density at radius 3 is 2.63 bits per heavy atom. The molecule has 3 unspecified atom stereocenters. The highest BCUT2D eigenvalue weighted by Crippen LogP contribution is 2.42. The van der Waals surface area contributed by atoms with Crippen molar-refractivity contribution in [3.05, 3.63) is 46.0 Å². The Balaban J connectivity index is 1.65. The lowest BCUT2D eigenvalue weighted by atomic mass is 9.78. The molecule has 27 heavy (non-hydrogen) atoms. The van der Waals surface area contributed by atoms with Crippen LogP contribution in [-0.4, -0.2) is 46.3 Å². The average Bonchev–Trinajstić information content (AvgIpc) is 3.31. The highest BCUT2D eigenvalue weighted by atomic mass is 32.1. The maximum Gasteiger partial charge on any atom is 0.289 e. The van der Waals surface area contributed by atoms with Crippen LogP contribution in [0.25, 0.3) is 0 Å². The number of piperazine rings is 1. The monoisotopic (exact) mass is 386 g/mol. The molecule has 0 N–H and O–H groups in total. The molecule has 2 aliphatic rings. The van der Waals surface area contributed by atoms with E-state index in [9.17, 15) is 9.59 Å². The van der Waals surface area contributed by atoms with Gasteiger partial charge in [-0.25, -0.2) is 0 Å². The predicted octanol–water partition coefficient (Wildman–Crippen LogP) is 4.05. The van der Waals surface area contributed by atoms with Gasteiger partial charge in [0, 0.05) is 29.3 Å². The highest BCUT2D eigenvalue weighted by molar-refractivity contribution is 7.12. The summed E-state index contributed by atoms with van der Waals surface area (Å²) in [6.07, 6.45) is 4.42. The minimum absolute atomic E-state index is 0.0168. The molecular formula is C21H26N2O3S. The summed E-state index contributed by atoms with van der Waals surface area (Å²) in [5.41, 5.74) is 0. The van der Waals surface area contributed by atoms with Crippen molar-refractivity contribution in [3.8, 4) is 0 Å². The minimum atomic E-state index is -0.0620. The summed E-state index contributed by atoms with van der Waals surface area (Å²) < 4.78 is 5.38. The molecular weight excluding hydrogens is 360 g/mol. The van der Waals surface area contributed by atoms with Crippen LogP contribution in [-0.2, 0) is 4.79 Å². The quantitative estimate of drug-likeness (QED) is 0.782. The van der Waals surface area contributed by atoms with Crippen LogP contribution in [0, 0.1) is 6.92 Å². The van der Waals surface area contributed by atoms with Crippen LogP contribution >= 0.6 is 11.3 Å². The number of carbonyl (C=O) groups excluding carboxylic acids is 2. The molecule has 3 heterocycles. The first kappa shape index (κ1) is 18.3. The van der Waals surface area contributed by atoms with E-state index in [1.54, 1.807) is 19.1 Å². The minimum Gasteiger partial charge on any atom is -0.459 e. The van der Waals surface area contributed by atoms with Crippen molar-refractivity contribution in [2.45, 2.75) is 64.1 Å². The van der Waals surface area contributed by atoms with Crippen LogP contribution in [0.2, 0.25) is 0 Å². The van der Waals surface area contributed by atoms with Crippen molar-refractivity contribution >= 4 is 23.2 Å². The maximum absolute atomic E-state index is 13.1. The molecule has 0 aromatic carbocycles. The van der Waals surface area contributed by atoms with Crippen molar-refractivity contribution in [1.82, 2.24) is 9.80 Å². The highest BCUT2D eigenvalue weighted by Gasteiger charge is 2.47. The van der Waals surface area contributed by atoms with Crippen molar-refractivity contribution in [1.29, 1.82) is 0 Å². The summed E-state index contributed by atoms with van der Waals surface area (Å²) in [5.74, 6) is 0.867. The Bertz CT molecular complexity index is 828. The summed E-state index contributed by atoms with van der Waals surface area (Å²) in [5, 5.41) is 0. The third-order valence-electron chi connectivity index (χ3n) is 5.99. The number of rotatable bonds is 2. The Kier molecular flexibility index (Phi) is 4.84. The molecule has 4 atom stereocenters. The van der Waals surface area contributed by atoms with Crippen molar-refractivity contribution in [2.24, 2.45) is 0 Å². The van der Waals surface area contributed by atoms with Crippen LogP contribution in [0.5, 0.6) is 0 Å². The largest absolute Gasteiger partial charge is 0.459 e. The van der Waals surface area contributed by atoms with Crippen LogP contribution < -0.4 is 0 Å². The molecule has 1 aliphatic carbocycles. The summed E-state index contributed by atoms with van der Waals surface area (Å²) in [4.78, 5) is 32.1. The van der Waals surface area contributed by atoms with Gasteiger partial charge in [0.05, 0.1) is 18.3 Å². The lowest BCUT2D eigenvalue weighted by Gasteiger charge is -2.53. The van der Waals surface area contributed by atoms with E-state index in [1.807, 2.05) is 28.1 Å². The van der Waals surface area contributed by atoms with Crippen LogP contribution in [0.4, 0.5) is 0 Å². The first-order valence-corrected chi connectivity index (χ1v) is 10.5. The molecule has 1 saturated heterocycles. The van der Waals surface area contributed by atoms with E-state index < -0.39 is 0 Å². The molecule has 2 aromatic rings. The molecule has 2 fully saturated rings.